The molecule has 9 heteroatoms. The molecular formula is C12H20N4O5. The molecule has 0 aliphatic carbocycles. The molecule has 2 atom stereocenters. The Kier molecular flexibility index (Phi) is 5.80. The van der Waals surface area contributed by atoms with E-state index in [1.54, 1.807) is 20.8 Å². The van der Waals surface area contributed by atoms with Crippen LogP contribution in [0.2, 0.25) is 0 Å². The largest absolute Gasteiger partial charge is 0.469 e. The summed E-state index contributed by atoms with van der Waals surface area (Å²) in [7, 11) is 1.18. The lowest BCUT2D eigenvalue weighted by molar-refractivity contribution is -0.145. The number of azide groups is 1. The van der Waals surface area contributed by atoms with Gasteiger partial charge < -0.3 is 14.2 Å². The van der Waals surface area contributed by atoms with Crippen molar-refractivity contribution in [2.75, 3.05) is 26.9 Å². The summed E-state index contributed by atoms with van der Waals surface area (Å²) in [5.74, 6) is -0.725. The summed E-state index contributed by atoms with van der Waals surface area (Å²) >= 11 is 0. The molecule has 9 nitrogen and oxygen atoms in total. The zero-order valence-corrected chi connectivity index (χ0v) is 12.6. The number of morpholine rings is 1. The molecule has 0 aromatic rings. The van der Waals surface area contributed by atoms with Crippen LogP contribution in [0, 0.1) is 0 Å². The maximum Gasteiger partial charge on any atom is 0.410 e. The van der Waals surface area contributed by atoms with Gasteiger partial charge in [-0.05, 0) is 26.3 Å². The van der Waals surface area contributed by atoms with E-state index in [0.717, 1.165) is 0 Å². The van der Waals surface area contributed by atoms with E-state index >= 15 is 0 Å². The normalized spacial score (nSPS) is 20.2. The van der Waals surface area contributed by atoms with Crippen LogP contribution >= 0.6 is 0 Å². The molecule has 1 rings (SSSR count). The number of esters is 1. The molecule has 1 aliphatic rings. The number of amides is 1. The van der Waals surface area contributed by atoms with Gasteiger partial charge in [0.1, 0.15) is 5.60 Å². The number of ether oxygens (including phenoxy) is 3. The topological polar surface area (TPSA) is 114 Å². The van der Waals surface area contributed by atoms with Crippen LogP contribution in [0.3, 0.4) is 0 Å². The van der Waals surface area contributed by atoms with Gasteiger partial charge in [-0.25, -0.2) is 4.79 Å². The highest BCUT2D eigenvalue weighted by Crippen LogP contribution is 2.19. The van der Waals surface area contributed by atoms with Gasteiger partial charge in [-0.15, -0.1) is 0 Å². The standard InChI is InChI=1S/C12H20N4O5/c1-12(2,3)21-11(18)16-5-6-20-7-8(16)9(14-15-13)10(17)19-4/h8-9H,5-7H2,1-4H3/t8-,9-/m1/s1. The third-order valence-corrected chi connectivity index (χ3v) is 2.78. The minimum Gasteiger partial charge on any atom is -0.469 e. The minimum absolute atomic E-state index is 0.0675. The number of rotatable bonds is 3. The molecular weight excluding hydrogens is 280 g/mol. The zero-order valence-electron chi connectivity index (χ0n) is 12.6. The maximum absolute atomic E-state index is 12.2. The zero-order chi connectivity index (χ0) is 16.0. The quantitative estimate of drug-likeness (QED) is 0.339. The summed E-state index contributed by atoms with van der Waals surface area (Å²) in [4.78, 5) is 27.9. The Balaban J connectivity index is 2.96. The van der Waals surface area contributed by atoms with Crippen molar-refractivity contribution in [3.8, 4) is 0 Å². The number of nitrogens with zero attached hydrogens (tertiary/aromatic N) is 4. The van der Waals surface area contributed by atoms with Gasteiger partial charge >= 0.3 is 12.1 Å². The van der Waals surface area contributed by atoms with E-state index in [0.29, 0.717) is 6.61 Å². The summed E-state index contributed by atoms with van der Waals surface area (Å²) in [5.41, 5.74) is 7.93. The van der Waals surface area contributed by atoms with E-state index in [2.05, 4.69) is 14.8 Å². The first-order valence-corrected chi connectivity index (χ1v) is 6.49. The predicted octanol–water partition coefficient (Wildman–Crippen LogP) is 1.47. The first kappa shape index (κ1) is 17.1. The summed E-state index contributed by atoms with van der Waals surface area (Å²) in [6, 6.07) is -1.93. The Morgan fingerprint density at radius 1 is 1.48 bits per heavy atom. The van der Waals surface area contributed by atoms with E-state index in [9.17, 15) is 9.59 Å². The van der Waals surface area contributed by atoms with Crippen LogP contribution < -0.4 is 0 Å². The average Bonchev–Trinajstić information content (AvgIpc) is 2.42. The van der Waals surface area contributed by atoms with Gasteiger partial charge in [-0.3, -0.25) is 9.69 Å². The van der Waals surface area contributed by atoms with Crippen LogP contribution in [0.25, 0.3) is 10.4 Å². The molecule has 1 aliphatic heterocycles. The van der Waals surface area contributed by atoms with Crippen LogP contribution in [0.15, 0.2) is 5.11 Å². The second-order valence-electron chi connectivity index (χ2n) is 5.49. The Morgan fingerprint density at radius 3 is 2.67 bits per heavy atom. The molecule has 1 amide bonds. The van der Waals surface area contributed by atoms with Crippen molar-refractivity contribution in [2.24, 2.45) is 5.11 Å². The molecule has 118 valence electrons. The van der Waals surface area contributed by atoms with E-state index < -0.39 is 29.7 Å². The van der Waals surface area contributed by atoms with Crippen molar-refractivity contribution in [2.45, 2.75) is 38.5 Å². The monoisotopic (exact) mass is 300 g/mol. The van der Waals surface area contributed by atoms with Crippen molar-refractivity contribution in [1.82, 2.24) is 4.90 Å². The maximum atomic E-state index is 12.2. The fourth-order valence-corrected chi connectivity index (χ4v) is 1.89. The lowest BCUT2D eigenvalue weighted by atomic mass is 10.1. The number of hydrogen-bond acceptors (Lipinski definition) is 6. The van der Waals surface area contributed by atoms with E-state index in [1.165, 1.54) is 12.0 Å². The number of methoxy groups -OCH3 is 1. The lowest BCUT2D eigenvalue weighted by Crippen LogP contribution is -2.56. The van der Waals surface area contributed by atoms with E-state index in [4.69, 9.17) is 15.0 Å². The van der Waals surface area contributed by atoms with E-state index in [-0.39, 0.29) is 13.2 Å². The molecule has 21 heavy (non-hydrogen) atoms. The van der Waals surface area contributed by atoms with E-state index in [1.807, 2.05) is 0 Å². The highest BCUT2D eigenvalue weighted by atomic mass is 16.6. The predicted molar refractivity (Wildman–Crippen MR) is 72.5 cm³/mol. The Morgan fingerprint density at radius 2 is 2.14 bits per heavy atom. The van der Waals surface area contributed by atoms with Crippen molar-refractivity contribution in [3.05, 3.63) is 10.4 Å². The van der Waals surface area contributed by atoms with Crippen LogP contribution in [0.5, 0.6) is 0 Å². The number of hydrogen-bond donors (Lipinski definition) is 0. The number of carbonyl (C=O) groups is 2. The molecule has 1 heterocycles. The lowest BCUT2D eigenvalue weighted by Gasteiger charge is -2.38. The summed E-state index contributed by atoms with van der Waals surface area (Å²) in [6.45, 7) is 5.86. The summed E-state index contributed by atoms with van der Waals surface area (Å²) < 4.78 is 15.2. The third kappa shape index (κ3) is 4.80. The van der Waals surface area contributed by atoms with Crippen molar-refractivity contribution in [1.29, 1.82) is 0 Å². The summed E-state index contributed by atoms with van der Waals surface area (Å²) in [5, 5.41) is 3.42. The Bertz CT molecular complexity index is 441. The minimum atomic E-state index is -1.17. The molecule has 0 unspecified atom stereocenters. The third-order valence-electron chi connectivity index (χ3n) is 2.78. The second-order valence-corrected chi connectivity index (χ2v) is 5.49. The van der Waals surface area contributed by atoms with Crippen LogP contribution in [-0.2, 0) is 19.0 Å². The molecule has 0 radical (unpaired) electrons. The molecule has 0 bridgehead atoms. The fraction of sp³-hybridized carbons (Fsp3) is 0.833. The Labute approximate surface area is 122 Å². The number of carbonyl (C=O) groups excluding carboxylic acids is 2. The van der Waals surface area contributed by atoms with Crippen LogP contribution in [0.4, 0.5) is 4.79 Å². The van der Waals surface area contributed by atoms with Crippen molar-refractivity contribution in [3.63, 3.8) is 0 Å². The SMILES string of the molecule is COC(=O)[C@H](N=[N+]=[N-])[C@H]1COCCN1C(=O)OC(C)(C)C. The molecule has 0 aromatic carbocycles. The van der Waals surface area contributed by atoms with Gasteiger partial charge in [0, 0.05) is 11.5 Å². The van der Waals surface area contributed by atoms with Crippen molar-refractivity contribution >= 4 is 12.1 Å². The second kappa shape index (κ2) is 7.14. The first-order valence-electron chi connectivity index (χ1n) is 6.49. The highest BCUT2D eigenvalue weighted by Gasteiger charge is 2.39. The van der Waals surface area contributed by atoms with Gasteiger partial charge in [-0.1, -0.05) is 5.11 Å². The van der Waals surface area contributed by atoms with Gasteiger partial charge in [0.15, 0.2) is 6.04 Å². The average molecular weight is 300 g/mol. The summed E-state index contributed by atoms with van der Waals surface area (Å²) in [6.07, 6.45) is -0.585. The van der Waals surface area contributed by atoms with Gasteiger partial charge in [-0.2, -0.15) is 0 Å². The van der Waals surface area contributed by atoms with Crippen LogP contribution in [-0.4, -0.2) is 61.5 Å². The van der Waals surface area contributed by atoms with Crippen molar-refractivity contribution < 1.29 is 23.8 Å². The molecule has 0 N–H and O–H groups in total. The fourth-order valence-electron chi connectivity index (χ4n) is 1.89. The molecule has 0 saturated carbocycles. The first-order chi connectivity index (χ1) is 9.80. The smallest absolute Gasteiger partial charge is 0.410 e. The molecule has 0 aromatic heterocycles. The molecule has 1 saturated heterocycles. The Hall–Kier alpha value is -1.99. The van der Waals surface area contributed by atoms with Crippen LogP contribution in [0.1, 0.15) is 20.8 Å². The molecule has 1 fully saturated rings. The molecule has 0 spiro atoms. The van der Waals surface area contributed by atoms with Gasteiger partial charge in [0.05, 0.1) is 26.4 Å². The van der Waals surface area contributed by atoms with Gasteiger partial charge in [0.2, 0.25) is 0 Å². The highest BCUT2D eigenvalue weighted by molar-refractivity contribution is 5.78. The van der Waals surface area contributed by atoms with Gasteiger partial charge in [0.25, 0.3) is 0 Å².